The highest BCUT2D eigenvalue weighted by molar-refractivity contribution is 5.92. The predicted octanol–water partition coefficient (Wildman–Crippen LogP) is 1.62. The second-order valence-corrected chi connectivity index (χ2v) is 6.11. The van der Waals surface area contributed by atoms with Gasteiger partial charge in [-0.1, -0.05) is 6.07 Å². The molecule has 3 rings (SSSR count). The van der Waals surface area contributed by atoms with E-state index in [1.165, 1.54) is 18.2 Å². The highest BCUT2D eigenvalue weighted by Gasteiger charge is 2.21. The van der Waals surface area contributed by atoms with Gasteiger partial charge in [0.1, 0.15) is 11.9 Å². The molecule has 1 N–H and O–H groups in total. The first-order valence-corrected chi connectivity index (χ1v) is 8.43. The number of nitro benzene ring substituents is 1. The zero-order valence-electron chi connectivity index (χ0n) is 14.5. The molecular weight excluding hydrogens is 348 g/mol. The van der Waals surface area contributed by atoms with Crippen LogP contribution in [-0.4, -0.2) is 53.4 Å². The normalized spacial score (nSPS) is 14.4. The number of rotatable bonds is 5. The highest BCUT2D eigenvalue weighted by Crippen LogP contribution is 2.19. The van der Waals surface area contributed by atoms with E-state index in [0.717, 1.165) is 0 Å². The van der Waals surface area contributed by atoms with E-state index in [-0.39, 0.29) is 18.1 Å². The lowest BCUT2D eigenvalue weighted by Gasteiger charge is -2.35. The number of nitriles is 1. The predicted molar refractivity (Wildman–Crippen MR) is 99.3 cm³/mol. The maximum atomic E-state index is 12.2. The fourth-order valence-electron chi connectivity index (χ4n) is 2.95. The van der Waals surface area contributed by atoms with E-state index in [4.69, 9.17) is 0 Å². The second kappa shape index (κ2) is 8.25. The van der Waals surface area contributed by atoms with Crippen LogP contribution in [0.5, 0.6) is 0 Å². The molecule has 2 aromatic rings. The van der Waals surface area contributed by atoms with Crippen LogP contribution in [0.1, 0.15) is 5.56 Å². The van der Waals surface area contributed by atoms with Gasteiger partial charge in [0.05, 0.1) is 17.0 Å². The Bertz CT molecular complexity index is 887. The topological polar surface area (TPSA) is 115 Å². The van der Waals surface area contributed by atoms with Crippen molar-refractivity contribution < 1.29 is 9.72 Å². The van der Waals surface area contributed by atoms with Crippen molar-refractivity contribution in [1.29, 1.82) is 5.26 Å². The third kappa shape index (κ3) is 4.56. The number of anilines is 2. The third-order valence-corrected chi connectivity index (χ3v) is 4.29. The average molecular weight is 366 g/mol. The lowest BCUT2D eigenvalue weighted by molar-refractivity contribution is -0.384. The van der Waals surface area contributed by atoms with Gasteiger partial charge in [-0.05, 0) is 18.2 Å². The fourth-order valence-corrected chi connectivity index (χ4v) is 2.95. The van der Waals surface area contributed by atoms with Crippen molar-refractivity contribution >= 4 is 23.1 Å². The first-order valence-electron chi connectivity index (χ1n) is 8.43. The number of amides is 1. The molecule has 0 radical (unpaired) electrons. The molecule has 1 saturated heterocycles. The number of hydrogen-bond acceptors (Lipinski definition) is 7. The smallest absolute Gasteiger partial charge is 0.271 e. The van der Waals surface area contributed by atoms with Gasteiger partial charge in [0.15, 0.2) is 0 Å². The van der Waals surface area contributed by atoms with Crippen molar-refractivity contribution in [2.45, 2.75) is 0 Å². The van der Waals surface area contributed by atoms with Gasteiger partial charge in [0.25, 0.3) is 5.69 Å². The van der Waals surface area contributed by atoms with E-state index in [0.29, 0.717) is 43.2 Å². The number of hydrogen-bond donors (Lipinski definition) is 1. The number of nitrogens with zero attached hydrogens (tertiary/aromatic N) is 5. The zero-order chi connectivity index (χ0) is 19.2. The van der Waals surface area contributed by atoms with Crippen LogP contribution in [0.25, 0.3) is 0 Å². The summed E-state index contributed by atoms with van der Waals surface area (Å²) in [5.41, 5.74) is 0.874. The summed E-state index contributed by atoms with van der Waals surface area (Å²) >= 11 is 0. The summed E-state index contributed by atoms with van der Waals surface area (Å²) in [6, 6.07) is 11.5. The number of benzene rings is 1. The minimum absolute atomic E-state index is 0.0647. The Balaban J connectivity index is 1.53. The highest BCUT2D eigenvalue weighted by atomic mass is 16.6. The molecule has 1 aliphatic heterocycles. The summed E-state index contributed by atoms with van der Waals surface area (Å²) in [7, 11) is 0. The number of nitrogens with one attached hydrogen (secondary N) is 1. The molecule has 1 aromatic carbocycles. The third-order valence-electron chi connectivity index (χ3n) is 4.29. The van der Waals surface area contributed by atoms with Crippen molar-refractivity contribution in [3.8, 4) is 6.07 Å². The standard InChI is InChI=1S/C18H18N6O3/c19-12-14-3-2-6-20-18(14)23-9-7-22(8-10-23)13-17(25)21-15-4-1-5-16(11-15)24(26)27/h1-6,11H,7-10,13H2,(H,21,25). The summed E-state index contributed by atoms with van der Waals surface area (Å²) in [5, 5.41) is 22.7. The van der Waals surface area contributed by atoms with Gasteiger partial charge >= 0.3 is 0 Å². The Morgan fingerprint density at radius 2 is 2.04 bits per heavy atom. The van der Waals surface area contributed by atoms with Crippen molar-refractivity contribution in [2.24, 2.45) is 0 Å². The molecule has 9 nitrogen and oxygen atoms in total. The van der Waals surface area contributed by atoms with Gasteiger partial charge < -0.3 is 10.2 Å². The van der Waals surface area contributed by atoms with Crippen LogP contribution in [-0.2, 0) is 4.79 Å². The van der Waals surface area contributed by atoms with E-state index < -0.39 is 4.92 Å². The molecular formula is C18H18N6O3. The quantitative estimate of drug-likeness (QED) is 0.631. The number of nitro groups is 1. The molecule has 2 heterocycles. The second-order valence-electron chi connectivity index (χ2n) is 6.11. The molecule has 0 spiro atoms. The molecule has 1 amide bonds. The van der Waals surface area contributed by atoms with Gasteiger partial charge in [-0.2, -0.15) is 5.26 Å². The zero-order valence-corrected chi connectivity index (χ0v) is 14.5. The van der Waals surface area contributed by atoms with E-state index in [1.54, 1.807) is 24.4 Å². The number of piperazine rings is 1. The van der Waals surface area contributed by atoms with Crippen LogP contribution < -0.4 is 10.2 Å². The SMILES string of the molecule is N#Cc1cccnc1N1CCN(CC(=O)Nc2cccc([N+](=O)[O-])c2)CC1. The summed E-state index contributed by atoms with van der Waals surface area (Å²) < 4.78 is 0. The Morgan fingerprint density at radius 1 is 1.26 bits per heavy atom. The van der Waals surface area contributed by atoms with Gasteiger partial charge in [0.2, 0.25) is 5.91 Å². The molecule has 138 valence electrons. The van der Waals surface area contributed by atoms with Gasteiger partial charge in [-0.15, -0.1) is 0 Å². The maximum absolute atomic E-state index is 12.2. The van der Waals surface area contributed by atoms with Crippen LogP contribution in [0.4, 0.5) is 17.2 Å². The molecule has 0 saturated carbocycles. The average Bonchev–Trinajstić information content (AvgIpc) is 2.68. The lowest BCUT2D eigenvalue weighted by Crippen LogP contribution is -2.49. The van der Waals surface area contributed by atoms with Crippen LogP contribution in [0, 0.1) is 21.4 Å². The number of aromatic nitrogens is 1. The van der Waals surface area contributed by atoms with Crippen LogP contribution in [0.15, 0.2) is 42.6 Å². The number of non-ortho nitro benzene ring substituents is 1. The van der Waals surface area contributed by atoms with Crippen molar-refractivity contribution in [2.75, 3.05) is 42.9 Å². The number of pyridine rings is 1. The fraction of sp³-hybridized carbons (Fsp3) is 0.278. The van der Waals surface area contributed by atoms with E-state index in [1.807, 2.05) is 9.80 Å². The Hall–Kier alpha value is -3.51. The van der Waals surface area contributed by atoms with Gasteiger partial charge in [-0.3, -0.25) is 19.8 Å². The molecule has 0 atom stereocenters. The summed E-state index contributed by atoms with van der Waals surface area (Å²) in [5.74, 6) is 0.445. The number of carbonyl (C=O) groups excluding carboxylic acids is 1. The Kier molecular flexibility index (Phi) is 5.58. The maximum Gasteiger partial charge on any atom is 0.271 e. The minimum atomic E-state index is -0.498. The van der Waals surface area contributed by atoms with E-state index in [9.17, 15) is 20.2 Å². The van der Waals surface area contributed by atoms with Crippen molar-refractivity contribution in [3.63, 3.8) is 0 Å². The molecule has 9 heteroatoms. The van der Waals surface area contributed by atoms with Crippen LogP contribution in [0.2, 0.25) is 0 Å². The largest absolute Gasteiger partial charge is 0.353 e. The van der Waals surface area contributed by atoms with Crippen molar-refractivity contribution in [1.82, 2.24) is 9.88 Å². The summed E-state index contributed by atoms with van der Waals surface area (Å²) in [6.45, 7) is 2.84. The molecule has 1 aromatic heterocycles. The van der Waals surface area contributed by atoms with Crippen molar-refractivity contribution in [3.05, 3.63) is 58.3 Å². The molecule has 1 fully saturated rings. The van der Waals surface area contributed by atoms with Crippen LogP contribution in [0.3, 0.4) is 0 Å². The van der Waals surface area contributed by atoms with Gasteiger partial charge in [-0.25, -0.2) is 4.98 Å². The van der Waals surface area contributed by atoms with Gasteiger partial charge in [0, 0.05) is 50.2 Å². The molecule has 0 bridgehead atoms. The Morgan fingerprint density at radius 3 is 2.74 bits per heavy atom. The molecule has 1 aliphatic rings. The number of carbonyl (C=O) groups is 1. The van der Waals surface area contributed by atoms with E-state index in [2.05, 4.69) is 16.4 Å². The van der Waals surface area contributed by atoms with E-state index >= 15 is 0 Å². The lowest BCUT2D eigenvalue weighted by atomic mass is 10.2. The monoisotopic (exact) mass is 366 g/mol. The van der Waals surface area contributed by atoms with Crippen LogP contribution >= 0.6 is 0 Å². The summed E-state index contributed by atoms with van der Waals surface area (Å²) in [6.07, 6.45) is 1.66. The Labute approximate surface area is 156 Å². The first-order chi connectivity index (χ1) is 13.1. The molecule has 27 heavy (non-hydrogen) atoms. The molecule has 0 unspecified atom stereocenters. The minimum Gasteiger partial charge on any atom is -0.353 e. The molecule has 0 aliphatic carbocycles. The first kappa shape index (κ1) is 18.3. The summed E-state index contributed by atoms with van der Waals surface area (Å²) in [4.78, 5) is 30.8.